The summed E-state index contributed by atoms with van der Waals surface area (Å²) in [6, 6.07) is 26.1. The molecule has 0 aromatic heterocycles. The monoisotopic (exact) mass is 578 g/mol. The second kappa shape index (κ2) is 12.5. The van der Waals surface area contributed by atoms with Gasteiger partial charge in [0.15, 0.2) is 12.4 Å². The fraction of sp³-hybridized carbons (Fsp3) is 0.152. The quantitative estimate of drug-likeness (QED) is 0.0828. The summed E-state index contributed by atoms with van der Waals surface area (Å²) in [6.45, 7) is 1.54. The average molecular weight is 579 g/mol. The zero-order valence-electron chi connectivity index (χ0n) is 23.1. The summed E-state index contributed by atoms with van der Waals surface area (Å²) in [5.41, 5.74) is 3.90. The molecular formula is C33H26N2O8. The Balaban J connectivity index is 1.12. The molecule has 1 atom stereocenters. The molecule has 0 spiro atoms. The van der Waals surface area contributed by atoms with E-state index in [2.05, 4.69) is 0 Å². The van der Waals surface area contributed by atoms with Crippen LogP contribution in [0.1, 0.15) is 32.7 Å². The van der Waals surface area contributed by atoms with Crippen LogP contribution in [-0.4, -0.2) is 41.7 Å². The van der Waals surface area contributed by atoms with Gasteiger partial charge >= 0.3 is 11.9 Å². The lowest BCUT2D eigenvalue weighted by Gasteiger charge is -2.17. The summed E-state index contributed by atoms with van der Waals surface area (Å²) >= 11 is 0. The molecule has 4 aromatic rings. The molecule has 1 heterocycles. The lowest BCUT2D eigenvalue weighted by molar-refractivity contribution is -0.384. The first-order chi connectivity index (χ1) is 20.7. The number of ketones is 1. The maximum Gasteiger partial charge on any atom is 0.343 e. The minimum Gasteiger partial charge on any atom is -0.457 e. The van der Waals surface area contributed by atoms with E-state index in [1.165, 1.54) is 41.3 Å². The molecule has 0 radical (unpaired) electrons. The molecule has 0 aliphatic carbocycles. The molecule has 1 amide bonds. The summed E-state index contributed by atoms with van der Waals surface area (Å²) in [5.74, 6) is -2.30. The van der Waals surface area contributed by atoms with Crippen LogP contribution in [0, 0.1) is 23.0 Å². The van der Waals surface area contributed by atoms with Crippen molar-refractivity contribution in [2.75, 3.05) is 18.1 Å². The summed E-state index contributed by atoms with van der Waals surface area (Å²) in [5, 5.41) is 10.9. The first-order valence-corrected chi connectivity index (χ1v) is 13.4. The number of benzene rings is 4. The van der Waals surface area contributed by atoms with Gasteiger partial charge in [-0.25, -0.2) is 4.79 Å². The van der Waals surface area contributed by atoms with Crippen LogP contribution in [0.4, 0.5) is 11.4 Å². The molecule has 1 aliphatic rings. The van der Waals surface area contributed by atoms with Crippen molar-refractivity contribution in [2.45, 2.75) is 13.3 Å². The molecule has 1 saturated heterocycles. The number of aryl methyl sites for hydroxylation is 1. The van der Waals surface area contributed by atoms with Crippen LogP contribution >= 0.6 is 0 Å². The minimum atomic E-state index is -0.724. The molecular weight excluding hydrogens is 552 g/mol. The molecule has 4 aromatic carbocycles. The Morgan fingerprint density at radius 1 is 0.837 bits per heavy atom. The highest BCUT2D eigenvalue weighted by Crippen LogP contribution is 2.29. The lowest BCUT2D eigenvalue weighted by Crippen LogP contribution is -2.27. The van der Waals surface area contributed by atoms with Crippen LogP contribution in [0.25, 0.3) is 11.1 Å². The number of non-ortho nitro benzene ring substituents is 1. The van der Waals surface area contributed by atoms with Crippen molar-refractivity contribution in [3.8, 4) is 16.9 Å². The highest BCUT2D eigenvalue weighted by atomic mass is 16.6. The Kier molecular flexibility index (Phi) is 8.38. The van der Waals surface area contributed by atoms with Gasteiger partial charge in [-0.05, 0) is 78.7 Å². The highest BCUT2D eigenvalue weighted by molar-refractivity contribution is 6.01. The fourth-order valence-electron chi connectivity index (χ4n) is 4.63. The lowest BCUT2D eigenvalue weighted by atomic mass is 10.0. The van der Waals surface area contributed by atoms with Crippen LogP contribution in [0.5, 0.6) is 5.75 Å². The SMILES string of the molecule is Cc1ccc(C(=O)Oc2ccc(C(=O)COC(=O)[C@@H]3CC(=O)N(c4ccc(-c5ccc([N+](=O)[O-])cc5)cc4)C3)cc2)cc1. The molecule has 43 heavy (non-hydrogen) atoms. The van der Waals surface area contributed by atoms with E-state index < -0.39 is 35.2 Å². The number of rotatable bonds is 9. The molecule has 0 saturated carbocycles. The smallest absolute Gasteiger partial charge is 0.343 e. The Labute approximate surface area is 246 Å². The van der Waals surface area contributed by atoms with Crippen LogP contribution in [-0.2, 0) is 14.3 Å². The van der Waals surface area contributed by atoms with Gasteiger partial charge in [-0.2, -0.15) is 0 Å². The van der Waals surface area contributed by atoms with Crippen molar-refractivity contribution in [2.24, 2.45) is 5.92 Å². The Bertz CT molecular complexity index is 1680. The van der Waals surface area contributed by atoms with E-state index in [0.717, 1.165) is 16.7 Å². The van der Waals surface area contributed by atoms with Crippen LogP contribution in [0.15, 0.2) is 97.1 Å². The van der Waals surface area contributed by atoms with Gasteiger partial charge in [-0.1, -0.05) is 29.8 Å². The van der Waals surface area contributed by atoms with Gasteiger partial charge in [-0.15, -0.1) is 0 Å². The van der Waals surface area contributed by atoms with Crippen molar-refractivity contribution in [1.29, 1.82) is 0 Å². The molecule has 0 N–H and O–H groups in total. The van der Waals surface area contributed by atoms with Crippen molar-refractivity contribution in [3.05, 3.63) is 124 Å². The van der Waals surface area contributed by atoms with Crippen LogP contribution in [0.3, 0.4) is 0 Å². The number of hydrogen-bond acceptors (Lipinski definition) is 8. The van der Waals surface area contributed by atoms with Gasteiger partial charge in [0.25, 0.3) is 5.69 Å². The number of nitrogens with zero attached hydrogens (tertiary/aromatic N) is 2. The number of hydrogen-bond donors (Lipinski definition) is 0. The number of nitro benzene ring substituents is 1. The third kappa shape index (κ3) is 6.82. The van der Waals surface area contributed by atoms with Gasteiger partial charge < -0.3 is 14.4 Å². The molecule has 10 nitrogen and oxygen atoms in total. The minimum absolute atomic E-state index is 0.00238. The molecule has 5 rings (SSSR count). The van der Waals surface area contributed by atoms with Crippen molar-refractivity contribution >= 4 is 35.0 Å². The van der Waals surface area contributed by atoms with Gasteiger partial charge in [-0.3, -0.25) is 24.5 Å². The van der Waals surface area contributed by atoms with Crippen molar-refractivity contribution < 1.29 is 33.6 Å². The highest BCUT2D eigenvalue weighted by Gasteiger charge is 2.36. The molecule has 1 fully saturated rings. The molecule has 0 unspecified atom stereocenters. The first-order valence-electron chi connectivity index (χ1n) is 13.4. The second-order valence-corrected chi connectivity index (χ2v) is 10.1. The normalized spacial score (nSPS) is 14.3. The number of carbonyl (C=O) groups excluding carboxylic acids is 4. The van der Waals surface area contributed by atoms with E-state index in [9.17, 15) is 29.3 Å². The van der Waals surface area contributed by atoms with Crippen LogP contribution in [0.2, 0.25) is 0 Å². The third-order valence-electron chi connectivity index (χ3n) is 7.07. The maximum absolute atomic E-state index is 12.7. The fourth-order valence-corrected chi connectivity index (χ4v) is 4.63. The van der Waals surface area contributed by atoms with Gasteiger partial charge in [0.05, 0.1) is 16.4 Å². The zero-order chi connectivity index (χ0) is 30.5. The van der Waals surface area contributed by atoms with Gasteiger partial charge in [0.1, 0.15) is 5.75 Å². The zero-order valence-corrected chi connectivity index (χ0v) is 23.1. The molecule has 10 heteroatoms. The predicted octanol–water partition coefficient (Wildman–Crippen LogP) is 5.57. The standard InChI is InChI=1S/C33H26N2O8/c1-21-2-4-25(5-3-21)33(39)43-29-16-10-24(11-17-29)30(36)20-42-32(38)26-18-31(37)34(19-26)27-12-6-22(7-13-27)23-8-14-28(15-9-23)35(40)41/h2-17,26H,18-20H2,1H3/t26-/m1/s1. The first kappa shape index (κ1) is 28.9. The van der Waals surface area contributed by atoms with Crippen LogP contribution < -0.4 is 9.64 Å². The summed E-state index contributed by atoms with van der Waals surface area (Å²) in [4.78, 5) is 62.2. The van der Waals surface area contributed by atoms with Gasteiger partial charge in [0.2, 0.25) is 5.91 Å². The number of esters is 2. The predicted molar refractivity (Wildman–Crippen MR) is 157 cm³/mol. The largest absolute Gasteiger partial charge is 0.457 e. The second-order valence-electron chi connectivity index (χ2n) is 10.1. The third-order valence-corrected chi connectivity index (χ3v) is 7.07. The number of Topliss-reactive ketones (excluding diaryl/α,β-unsaturated/α-hetero) is 1. The molecule has 216 valence electrons. The number of nitro groups is 1. The van der Waals surface area contributed by atoms with E-state index in [1.54, 1.807) is 48.5 Å². The van der Waals surface area contributed by atoms with E-state index in [1.807, 2.05) is 19.1 Å². The summed E-state index contributed by atoms with van der Waals surface area (Å²) in [6.07, 6.45) is -0.0435. The maximum atomic E-state index is 12.7. The number of ether oxygens (including phenoxy) is 2. The van der Waals surface area contributed by atoms with Crippen molar-refractivity contribution in [3.63, 3.8) is 0 Å². The topological polar surface area (TPSA) is 133 Å². The summed E-state index contributed by atoms with van der Waals surface area (Å²) in [7, 11) is 0. The summed E-state index contributed by atoms with van der Waals surface area (Å²) < 4.78 is 10.6. The molecule has 0 bridgehead atoms. The Hall–Kier alpha value is -5.64. The van der Waals surface area contributed by atoms with E-state index in [0.29, 0.717) is 11.3 Å². The molecule has 1 aliphatic heterocycles. The number of carbonyl (C=O) groups is 4. The average Bonchev–Trinajstić information content (AvgIpc) is 3.42. The van der Waals surface area contributed by atoms with E-state index in [4.69, 9.17) is 9.47 Å². The van der Waals surface area contributed by atoms with E-state index in [-0.39, 0.29) is 35.9 Å². The Morgan fingerprint density at radius 3 is 2.02 bits per heavy atom. The van der Waals surface area contributed by atoms with Crippen molar-refractivity contribution in [1.82, 2.24) is 0 Å². The van der Waals surface area contributed by atoms with E-state index >= 15 is 0 Å². The Morgan fingerprint density at radius 2 is 1.42 bits per heavy atom. The number of amides is 1. The number of anilines is 1. The van der Waals surface area contributed by atoms with Gasteiger partial charge in [0, 0.05) is 36.3 Å².